The van der Waals surface area contributed by atoms with E-state index < -0.39 is 11.4 Å². The van der Waals surface area contributed by atoms with Crippen LogP contribution in [0.3, 0.4) is 0 Å². The van der Waals surface area contributed by atoms with Crippen molar-refractivity contribution >= 4 is 11.9 Å². The summed E-state index contributed by atoms with van der Waals surface area (Å²) in [5.41, 5.74) is 1.42. The third-order valence-electron chi connectivity index (χ3n) is 4.28. The third kappa shape index (κ3) is 1.80. The summed E-state index contributed by atoms with van der Waals surface area (Å²) in [4.78, 5) is 25.2. The van der Waals surface area contributed by atoms with Crippen molar-refractivity contribution in [2.24, 2.45) is 5.41 Å². The zero-order valence-electron chi connectivity index (χ0n) is 10.7. The van der Waals surface area contributed by atoms with E-state index >= 15 is 0 Å². The molecule has 102 valence electrons. The fourth-order valence-electron chi connectivity index (χ4n) is 3.37. The van der Waals surface area contributed by atoms with E-state index in [9.17, 15) is 9.59 Å². The van der Waals surface area contributed by atoms with Gasteiger partial charge in [0.25, 0.3) is 0 Å². The summed E-state index contributed by atoms with van der Waals surface area (Å²) in [5, 5.41) is 9.01. The molecule has 0 saturated carbocycles. The topological polar surface area (TPSA) is 66.8 Å². The van der Waals surface area contributed by atoms with Gasteiger partial charge in [0.1, 0.15) is 6.54 Å². The Bertz CT molecular complexity index is 486. The van der Waals surface area contributed by atoms with Gasteiger partial charge in [-0.1, -0.05) is 12.2 Å². The minimum Gasteiger partial charge on any atom is -0.480 e. The number of fused-ring (bicyclic) bond motifs is 1. The van der Waals surface area contributed by atoms with Crippen LogP contribution in [0.1, 0.15) is 25.7 Å². The van der Waals surface area contributed by atoms with Gasteiger partial charge in [-0.25, -0.2) is 0 Å². The van der Waals surface area contributed by atoms with Crippen LogP contribution in [-0.4, -0.2) is 41.6 Å². The van der Waals surface area contributed by atoms with Crippen molar-refractivity contribution in [1.82, 2.24) is 4.90 Å². The molecule has 1 N–H and O–H groups in total. The zero-order chi connectivity index (χ0) is 13.5. The summed E-state index contributed by atoms with van der Waals surface area (Å²) in [6, 6.07) is 0. The molecule has 2 aliphatic heterocycles. The van der Waals surface area contributed by atoms with Crippen molar-refractivity contribution in [3.8, 4) is 0 Å². The molecule has 0 aromatic carbocycles. The number of rotatable bonds is 2. The summed E-state index contributed by atoms with van der Waals surface area (Å²) in [6.07, 6.45) is 7.04. The van der Waals surface area contributed by atoms with E-state index in [1.807, 2.05) is 6.08 Å². The van der Waals surface area contributed by atoms with Gasteiger partial charge in [-0.3, -0.25) is 9.59 Å². The van der Waals surface area contributed by atoms with Crippen LogP contribution < -0.4 is 0 Å². The Morgan fingerprint density at radius 1 is 1.42 bits per heavy atom. The van der Waals surface area contributed by atoms with Crippen LogP contribution >= 0.6 is 0 Å². The Labute approximate surface area is 111 Å². The molecule has 0 aromatic rings. The van der Waals surface area contributed by atoms with Crippen molar-refractivity contribution in [3.05, 3.63) is 23.4 Å². The molecule has 0 aromatic heterocycles. The van der Waals surface area contributed by atoms with Gasteiger partial charge in [0.15, 0.2) is 0 Å². The van der Waals surface area contributed by atoms with Gasteiger partial charge in [0.05, 0.1) is 5.41 Å². The lowest BCUT2D eigenvalue weighted by Gasteiger charge is -2.33. The van der Waals surface area contributed by atoms with Crippen LogP contribution in [0, 0.1) is 5.41 Å². The number of carboxylic acid groups (broad SMARTS) is 1. The smallest absolute Gasteiger partial charge is 0.323 e. The minimum atomic E-state index is -0.959. The van der Waals surface area contributed by atoms with Crippen LogP contribution in [0.4, 0.5) is 0 Å². The second kappa shape index (κ2) is 4.49. The van der Waals surface area contributed by atoms with Crippen molar-refractivity contribution in [2.45, 2.75) is 25.7 Å². The first-order valence-electron chi connectivity index (χ1n) is 6.67. The highest BCUT2D eigenvalue weighted by Gasteiger charge is 2.52. The average molecular weight is 263 g/mol. The van der Waals surface area contributed by atoms with E-state index in [1.54, 1.807) is 0 Å². The quantitative estimate of drug-likeness (QED) is 0.815. The maximum absolute atomic E-state index is 12.7. The van der Waals surface area contributed by atoms with E-state index in [1.165, 1.54) is 4.90 Å². The zero-order valence-corrected chi connectivity index (χ0v) is 10.7. The molecule has 5 nitrogen and oxygen atoms in total. The van der Waals surface area contributed by atoms with E-state index in [-0.39, 0.29) is 12.5 Å². The lowest BCUT2D eigenvalue weighted by atomic mass is 9.73. The molecule has 1 amide bonds. The molecule has 5 heteroatoms. The number of carbonyl (C=O) groups is 2. The number of carbonyl (C=O) groups excluding carboxylic acids is 1. The summed E-state index contributed by atoms with van der Waals surface area (Å²) in [6.45, 7) is 0.905. The number of aliphatic carboxylic acids is 1. The van der Waals surface area contributed by atoms with Crippen LogP contribution in [-0.2, 0) is 14.3 Å². The lowest BCUT2D eigenvalue weighted by molar-refractivity contribution is -0.147. The van der Waals surface area contributed by atoms with Crippen LogP contribution in [0.25, 0.3) is 0 Å². The SMILES string of the molecule is O=C(O)CN1C(=O)C2(CCOCC2)C2=C1CCC=C2. The van der Waals surface area contributed by atoms with Gasteiger partial charge in [-0.05, 0) is 31.3 Å². The first-order chi connectivity index (χ1) is 9.15. The largest absolute Gasteiger partial charge is 0.480 e. The molecule has 19 heavy (non-hydrogen) atoms. The first kappa shape index (κ1) is 12.4. The number of hydrogen-bond acceptors (Lipinski definition) is 3. The highest BCUT2D eigenvalue weighted by atomic mass is 16.5. The lowest BCUT2D eigenvalue weighted by Crippen LogP contribution is -2.42. The maximum atomic E-state index is 12.7. The predicted octanol–water partition coefficient (Wildman–Crippen LogP) is 1.31. The molecule has 0 radical (unpaired) electrons. The molecular weight excluding hydrogens is 246 g/mol. The van der Waals surface area contributed by atoms with Crippen LogP contribution in [0.5, 0.6) is 0 Å². The summed E-state index contributed by atoms with van der Waals surface area (Å²) >= 11 is 0. The predicted molar refractivity (Wildman–Crippen MR) is 67.2 cm³/mol. The standard InChI is InChI=1S/C14H17NO4/c16-12(17)9-15-11-4-2-1-3-10(11)14(13(15)18)5-7-19-8-6-14/h1,3H,2,4-9H2,(H,16,17). The van der Waals surface area contributed by atoms with Crippen LogP contribution in [0.15, 0.2) is 23.4 Å². The first-order valence-corrected chi connectivity index (χ1v) is 6.67. The van der Waals surface area contributed by atoms with Crippen molar-refractivity contribution in [3.63, 3.8) is 0 Å². The highest BCUT2D eigenvalue weighted by molar-refractivity contribution is 5.94. The molecule has 0 atom stereocenters. The molecule has 1 aliphatic carbocycles. The highest BCUT2D eigenvalue weighted by Crippen LogP contribution is 2.50. The Balaban J connectivity index is 2.02. The molecular formula is C14H17NO4. The van der Waals surface area contributed by atoms with Gasteiger partial charge in [-0.2, -0.15) is 0 Å². The van der Waals surface area contributed by atoms with Gasteiger partial charge < -0.3 is 14.7 Å². The monoisotopic (exact) mass is 263 g/mol. The molecule has 1 saturated heterocycles. The molecule has 0 bridgehead atoms. The Morgan fingerprint density at radius 2 is 2.16 bits per heavy atom. The number of ether oxygens (including phenoxy) is 1. The van der Waals surface area contributed by atoms with E-state index in [4.69, 9.17) is 9.84 Å². The summed E-state index contributed by atoms with van der Waals surface area (Å²) in [7, 11) is 0. The fraction of sp³-hybridized carbons (Fsp3) is 0.571. The van der Waals surface area contributed by atoms with Gasteiger partial charge in [0, 0.05) is 18.9 Å². The molecule has 3 rings (SSSR count). The number of hydrogen-bond donors (Lipinski definition) is 1. The molecule has 0 unspecified atom stereocenters. The Kier molecular flexibility index (Phi) is 2.93. The maximum Gasteiger partial charge on any atom is 0.323 e. The minimum absolute atomic E-state index is 0.0465. The van der Waals surface area contributed by atoms with Crippen molar-refractivity contribution in [1.29, 1.82) is 0 Å². The molecule has 3 aliphatic rings. The van der Waals surface area contributed by atoms with Crippen LogP contribution in [0.2, 0.25) is 0 Å². The van der Waals surface area contributed by atoms with E-state index in [0.29, 0.717) is 26.1 Å². The summed E-state index contributed by atoms with van der Waals surface area (Å²) in [5.74, 6) is -1.01. The molecule has 1 fully saturated rings. The molecule has 1 spiro atoms. The second-order valence-corrected chi connectivity index (χ2v) is 5.28. The van der Waals surface area contributed by atoms with E-state index in [0.717, 1.165) is 24.1 Å². The van der Waals surface area contributed by atoms with E-state index in [2.05, 4.69) is 6.08 Å². The molecule has 2 heterocycles. The van der Waals surface area contributed by atoms with Crippen molar-refractivity contribution < 1.29 is 19.4 Å². The number of carboxylic acids is 1. The Hall–Kier alpha value is -1.62. The second-order valence-electron chi connectivity index (χ2n) is 5.28. The van der Waals surface area contributed by atoms with Crippen molar-refractivity contribution in [2.75, 3.05) is 19.8 Å². The Morgan fingerprint density at radius 3 is 2.84 bits per heavy atom. The van der Waals surface area contributed by atoms with Gasteiger partial charge >= 0.3 is 5.97 Å². The number of nitrogens with zero attached hydrogens (tertiary/aromatic N) is 1. The van der Waals surface area contributed by atoms with Gasteiger partial charge in [0.2, 0.25) is 5.91 Å². The number of allylic oxidation sites excluding steroid dienone is 3. The average Bonchev–Trinajstić information content (AvgIpc) is 2.63. The van der Waals surface area contributed by atoms with Gasteiger partial charge in [-0.15, -0.1) is 0 Å². The normalized spacial score (nSPS) is 25.1. The summed E-state index contributed by atoms with van der Waals surface area (Å²) < 4.78 is 5.37. The fourth-order valence-corrected chi connectivity index (χ4v) is 3.37. The third-order valence-corrected chi connectivity index (χ3v) is 4.28. The number of amides is 1.